The van der Waals surface area contributed by atoms with E-state index in [0.717, 1.165) is 12.1 Å². The van der Waals surface area contributed by atoms with Crippen LogP contribution in [0, 0.1) is 5.92 Å². The monoisotopic (exact) mass is 293 g/mol. The van der Waals surface area contributed by atoms with E-state index in [9.17, 15) is 4.79 Å². The number of hydrogen-bond acceptors (Lipinski definition) is 4. The molecule has 1 rings (SSSR count). The van der Waals surface area contributed by atoms with Crippen molar-refractivity contribution in [3.8, 4) is 5.75 Å². The minimum atomic E-state index is -0.441. The van der Waals surface area contributed by atoms with Crippen molar-refractivity contribution in [2.24, 2.45) is 16.6 Å². The molecular formula is C15H23N3O3. The quantitative estimate of drug-likeness (QED) is 0.472. The van der Waals surface area contributed by atoms with Crippen LogP contribution in [0.5, 0.6) is 5.75 Å². The topological polar surface area (TPSA) is 85.9 Å². The van der Waals surface area contributed by atoms with Crippen LogP contribution < -0.4 is 15.8 Å². The fourth-order valence-electron chi connectivity index (χ4n) is 1.66. The van der Waals surface area contributed by atoms with Crippen LogP contribution >= 0.6 is 0 Å². The number of methoxy groups -OCH3 is 2. The van der Waals surface area contributed by atoms with Crippen LogP contribution in [0.3, 0.4) is 0 Å². The maximum atomic E-state index is 11.7. The normalized spacial score (nSPS) is 11.4. The van der Waals surface area contributed by atoms with Crippen LogP contribution in [0.15, 0.2) is 23.2 Å². The van der Waals surface area contributed by atoms with Crippen LogP contribution in [0.1, 0.15) is 29.8 Å². The highest BCUT2D eigenvalue weighted by molar-refractivity contribution is 5.92. The van der Waals surface area contributed by atoms with Crippen molar-refractivity contribution in [2.75, 3.05) is 20.8 Å². The summed E-state index contributed by atoms with van der Waals surface area (Å²) in [7, 11) is 2.84. The number of esters is 1. The average Bonchev–Trinajstić information content (AvgIpc) is 2.49. The summed E-state index contributed by atoms with van der Waals surface area (Å²) in [4.78, 5) is 15.9. The van der Waals surface area contributed by atoms with Crippen LogP contribution in [0.2, 0.25) is 0 Å². The third kappa shape index (κ3) is 5.33. The zero-order chi connectivity index (χ0) is 15.8. The molecule has 0 aliphatic heterocycles. The van der Waals surface area contributed by atoms with E-state index in [1.807, 2.05) is 6.07 Å². The van der Waals surface area contributed by atoms with Crippen LogP contribution in [-0.4, -0.2) is 32.7 Å². The Morgan fingerprint density at radius 3 is 2.67 bits per heavy atom. The molecule has 0 spiro atoms. The number of carbonyl (C=O) groups excluding carboxylic acids is 1. The van der Waals surface area contributed by atoms with Gasteiger partial charge >= 0.3 is 5.97 Å². The van der Waals surface area contributed by atoms with Gasteiger partial charge in [-0.05, 0) is 23.6 Å². The fourth-order valence-corrected chi connectivity index (χ4v) is 1.66. The highest BCUT2D eigenvalue weighted by Crippen LogP contribution is 2.21. The molecule has 0 aliphatic carbocycles. The van der Waals surface area contributed by atoms with E-state index in [-0.39, 0.29) is 0 Å². The summed E-state index contributed by atoms with van der Waals surface area (Å²) in [6, 6.07) is 5.25. The molecule has 116 valence electrons. The van der Waals surface area contributed by atoms with Crippen molar-refractivity contribution in [1.29, 1.82) is 0 Å². The minimum Gasteiger partial charge on any atom is -0.496 e. The Morgan fingerprint density at radius 1 is 1.38 bits per heavy atom. The van der Waals surface area contributed by atoms with Gasteiger partial charge in [-0.15, -0.1) is 0 Å². The fraction of sp³-hybridized carbons (Fsp3) is 0.467. The Labute approximate surface area is 125 Å². The molecule has 0 radical (unpaired) electrons. The summed E-state index contributed by atoms with van der Waals surface area (Å²) in [6.45, 7) is 5.33. The average molecular weight is 293 g/mol. The lowest BCUT2D eigenvalue weighted by Crippen LogP contribution is -2.34. The van der Waals surface area contributed by atoms with Gasteiger partial charge in [0.25, 0.3) is 0 Å². The van der Waals surface area contributed by atoms with Gasteiger partial charge in [-0.1, -0.05) is 19.9 Å². The molecule has 1 aromatic rings. The standard InChI is InChI=1S/C15H23N3O3/c1-10(2)8-17-15(16)18-9-11-5-6-13(20-3)12(7-11)14(19)21-4/h5-7,10H,8-9H2,1-4H3,(H3,16,17,18). The van der Waals surface area contributed by atoms with E-state index in [1.165, 1.54) is 14.2 Å². The predicted molar refractivity (Wildman–Crippen MR) is 82.5 cm³/mol. The second-order valence-electron chi connectivity index (χ2n) is 5.00. The summed E-state index contributed by atoms with van der Waals surface area (Å²) < 4.78 is 9.87. The molecule has 0 bridgehead atoms. The zero-order valence-electron chi connectivity index (χ0n) is 13.0. The van der Waals surface area contributed by atoms with Gasteiger partial charge in [0.05, 0.1) is 20.8 Å². The second kappa shape index (κ2) is 8.14. The SMILES string of the molecule is COC(=O)c1cc(CN=C(N)NCC(C)C)ccc1OC. The Kier molecular flexibility index (Phi) is 6.52. The highest BCUT2D eigenvalue weighted by Gasteiger charge is 2.13. The molecule has 3 N–H and O–H groups in total. The Morgan fingerprint density at radius 2 is 2.10 bits per heavy atom. The highest BCUT2D eigenvalue weighted by atomic mass is 16.5. The van der Waals surface area contributed by atoms with Crippen molar-refractivity contribution >= 4 is 11.9 Å². The molecule has 1 aromatic carbocycles. The molecule has 0 aromatic heterocycles. The molecule has 0 heterocycles. The third-order valence-electron chi connectivity index (χ3n) is 2.79. The summed E-state index contributed by atoms with van der Waals surface area (Å²) >= 11 is 0. The number of nitrogens with one attached hydrogen (secondary N) is 1. The lowest BCUT2D eigenvalue weighted by molar-refractivity contribution is 0.0597. The second-order valence-corrected chi connectivity index (χ2v) is 5.00. The smallest absolute Gasteiger partial charge is 0.341 e. The summed E-state index contributed by atoms with van der Waals surface area (Å²) in [5.74, 6) is 0.911. The number of hydrogen-bond donors (Lipinski definition) is 2. The number of ether oxygens (including phenoxy) is 2. The number of rotatable bonds is 6. The molecule has 0 unspecified atom stereocenters. The van der Waals surface area contributed by atoms with Crippen molar-refractivity contribution in [3.05, 3.63) is 29.3 Å². The molecule has 0 saturated carbocycles. The van der Waals surface area contributed by atoms with E-state index in [1.54, 1.807) is 12.1 Å². The number of nitrogens with zero attached hydrogens (tertiary/aromatic N) is 1. The van der Waals surface area contributed by atoms with Gasteiger partial charge in [0.2, 0.25) is 0 Å². The minimum absolute atomic E-state index is 0.376. The van der Waals surface area contributed by atoms with Gasteiger partial charge in [-0.25, -0.2) is 9.79 Å². The number of aliphatic imine (C=N–C) groups is 1. The first-order valence-corrected chi connectivity index (χ1v) is 6.77. The largest absolute Gasteiger partial charge is 0.496 e. The van der Waals surface area contributed by atoms with E-state index < -0.39 is 5.97 Å². The Bertz CT molecular complexity index is 513. The van der Waals surface area contributed by atoms with Crippen molar-refractivity contribution in [2.45, 2.75) is 20.4 Å². The van der Waals surface area contributed by atoms with Gasteiger partial charge < -0.3 is 20.5 Å². The summed E-state index contributed by atoms with van der Waals surface area (Å²) in [5, 5.41) is 3.03. The van der Waals surface area contributed by atoms with Crippen LogP contribution in [-0.2, 0) is 11.3 Å². The van der Waals surface area contributed by atoms with E-state index in [2.05, 4.69) is 24.2 Å². The molecule has 0 saturated heterocycles. The maximum Gasteiger partial charge on any atom is 0.341 e. The molecule has 0 amide bonds. The first-order valence-electron chi connectivity index (χ1n) is 6.77. The van der Waals surface area contributed by atoms with Crippen LogP contribution in [0.4, 0.5) is 0 Å². The first kappa shape index (κ1) is 16.8. The Hall–Kier alpha value is -2.24. The van der Waals surface area contributed by atoms with Gasteiger partial charge in [-0.3, -0.25) is 0 Å². The number of carbonyl (C=O) groups is 1. The molecule has 0 aliphatic rings. The molecule has 6 heteroatoms. The predicted octanol–water partition coefficient (Wildman–Crippen LogP) is 1.54. The number of guanidine groups is 1. The van der Waals surface area contributed by atoms with E-state index in [0.29, 0.717) is 29.7 Å². The molecule has 0 atom stereocenters. The van der Waals surface area contributed by atoms with Gasteiger partial charge in [0.15, 0.2) is 5.96 Å². The van der Waals surface area contributed by atoms with E-state index in [4.69, 9.17) is 15.2 Å². The number of nitrogens with two attached hydrogens (primary N) is 1. The van der Waals surface area contributed by atoms with Crippen molar-refractivity contribution in [1.82, 2.24) is 5.32 Å². The summed E-state index contributed by atoms with van der Waals surface area (Å²) in [6.07, 6.45) is 0. The lowest BCUT2D eigenvalue weighted by atomic mass is 10.1. The zero-order valence-corrected chi connectivity index (χ0v) is 13.0. The molecule has 0 fully saturated rings. The first-order chi connectivity index (χ1) is 9.97. The Balaban J connectivity index is 2.80. The molecule has 6 nitrogen and oxygen atoms in total. The summed E-state index contributed by atoms with van der Waals surface area (Å²) in [5.41, 5.74) is 7.00. The third-order valence-corrected chi connectivity index (χ3v) is 2.79. The molecule has 21 heavy (non-hydrogen) atoms. The van der Waals surface area contributed by atoms with Crippen molar-refractivity contribution < 1.29 is 14.3 Å². The van der Waals surface area contributed by atoms with Crippen LogP contribution in [0.25, 0.3) is 0 Å². The number of benzene rings is 1. The molecular weight excluding hydrogens is 270 g/mol. The van der Waals surface area contributed by atoms with E-state index >= 15 is 0 Å². The van der Waals surface area contributed by atoms with Gasteiger partial charge in [0.1, 0.15) is 11.3 Å². The maximum absolute atomic E-state index is 11.7. The van der Waals surface area contributed by atoms with Gasteiger partial charge in [-0.2, -0.15) is 0 Å². The van der Waals surface area contributed by atoms with Gasteiger partial charge in [0, 0.05) is 6.54 Å². The van der Waals surface area contributed by atoms with Crippen molar-refractivity contribution in [3.63, 3.8) is 0 Å². The lowest BCUT2D eigenvalue weighted by Gasteiger charge is -2.09.